The molecule has 7 heteroatoms. The number of carbonyl (C=O) groups excluding carboxylic acids is 1. The van der Waals surface area contributed by atoms with E-state index in [1.165, 1.54) is 4.68 Å². The quantitative estimate of drug-likeness (QED) is 0.703. The highest BCUT2D eigenvalue weighted by atomic mass is 16.5. The zero-order valence-electron chi connectivity index (χ0n) is 15.6. The monoisotopic (exact) mass is 346 g/mol. The first-order valence-corrected chi connectivity index (χ1v) is 8.36. The normalized spacial score (nSPS) is 11.1. The molecule has 0 aliphatic carbocycles. The predicted octanol–water partition coefficient (Wildman–Crippen LogP) is 1.27. The maximum Gasteiger partial charge on any atom is 0.327 e. The molecule has 1 aromatic carbocycles. The second kappa shape index (κ2) is 8.11. The summed E-state index contributed by atoms with van der Waals surface area (Å²) in [5.74, 6) is 0.218. The summed E-state index contributed by atoms with van der Waals surface area (Å²) in [5, 5.41) is 5.80. The first-order valence-electron chi connectivity index (χ1n) is 8.36. The number of aromatic nitrogens is 2. The van der Waals surface area contributed by atoms with Crippen molar-refractivity contribution < 1.29 is 9.53 Å². The van der Waals surface area contributed by atoms with Crippen molar-refractivity contribution >= 4 is 22.6 Å². The van der Waals surface area contributed by atoms with Crippen LogP contribution in [0.4, 0.5) is 5.82 Å². The lowest BCUT2D eigenvalue weighted by Gasteiger charge is -2.22. The number of anilines is 1. The Kier molecular flexibility index (Phi) is 6.14. The molecule has 0 radical (unpaired) electrons. The Bertz CT molecular complexity index is 814. The van der Waals surface area contributed by atoms with Crippen LogP contribution in [0.15, 0.2) is 23.0 Å². The fourth-order valence-electron chi connectivity index (χ4n) is 2.56. The molecule has 0 aliphatic heterocycles. The van der Waals surface area contributed by atoms with Crippen molar-refractivity contribution in [1.29, 1.82) is 0 Å². The third kappa shape index (κ3) is 4.57. The molecule has 7 nitrogen and oxygen atoms in total. The van der Waals surface area contributed by atoms with Crippen LogP contribution in [0.3, 0.4) is 0 Å². The van der Waals surface area contributed by atoms with Gasteiger partial charge >= 0.3 is 5.97 Å². The van der Waals surface area contributed by atoms with Crippen molar-refractivity contribution in [3.8, 4) is 0 Å². The summed E-state index contributed by atoms with van der Waals surface area (Å²) in [5.41, 5.74) is 0.770. The van der Waals surface area contributed by atoms with Crippen LogP contribution in [0.5, 0.6) is 0 Å². The third-order valence-corrected chi connectivity index (χ3v) is 3.92. The number of benzene rings is 1. The molecule has 1 aromatic heterocycles. The van der Waals surface area contributed by atoms with E-state index in [0.29, 0.717) is 11.2 Å². The highest BCUT2D eigenvalue weighted by Gasteiger charge is 2.16. The number of esters is 1. The number of carbonyl (C=O) groups is 1. The minimum Gasteiger partial charge on any atom is -0.465 e. The summed E-state index contributed by atoms with van der Waals surface area (Å²) < 4.78 is 6.14. The molecule has 0 N–H and O–H groups in total. The number of aryl methyl sites for hydroxylation is 1. The first-order chi connectivity index (χ1) is 11.8. The summed E-state index contributed by atoms with van der Waals surface area (Å²) in [6, 6.07) is 5.64. The maximum absolute atomic E-state index is 12.7. The molecule has 0 aliphatic rings. The van der Waals surface area contributed by atoms with Crippen LogP contribution >= 0.6 is 0 Å². The van der Waals surface area contributed by atoms with E-state index in [4.69, 9.17) is 4.74 Å². The molecule has 0 saturated carbocycles. The molecule has 2 rings (SSSR count). The Labute approximate surface area is 147 Å². The van der Waals surface area contributed by atoms with Crippen LogP contribution in [0.25, 0.3) is 10.8 Å². The lowest BCUT2D eigenvalue weighted by molar-refractivity contribution is -0.144. The van der Waals surface area contributed by atoms with Crippen LogP contribution in [0.1, 0.15) is 12.5 Å². The fraction of sp³-hybridized carbons (Fsp3) is 0.500. The van der Waals surface area contributed by atoms with E-state index < -0.39 is 5.97 Å². The van der Waals surface area contributed by atoms with Gasteiger partial charge in [-0.15, -0.1) is 0 Å². The Hall–Kier alpha value is -2.41. The largest absolute Gasteiger partial charge is 0.465 e. The molecular weight excluding hydrogens is 320 g/mol. The number of nitrogens with zero attached hydrogens (tertiary/aromatic N) is 4. The molecule has 0 fully saturated rings. The summed E-state index contributed by atoms with van der Waals surface area (Å²) >= 11 is 0. The van der Waals surface area contributed by atoms with Crippen LogP contribution in [-0.2, 0) is 16.1 Å². The number of ether oxygens (including phenoxy) is 1. The molecule has 0 spiro atoms. The lowest BCUT2D eigenvalue weighted by Crippen LogP contribution is -2.33. The van der Waals surface area contributed by atoms with Gasteiger partial charge < -0.3 is 14.5 Å². The van der Waals surface area contributed by atoms with E-state index in [9.17, 15) is 9.59 Å². The van der Waals surface area contributed by atoms with E-state index in [-0.39, 0.29) is 18.7 Å². The van der Waals surface area contributed by atoms with Crippen molar-refractivity contribution in [3.05, 3.63) is 34.1 Å². The van der Waals surface area contributed by atoms with Gasteiger partial charge in [-0.1, -0.05) is 11.6 Å². The van der Waals surface area contributed by atoms with E-state index in [0.717, 1.165) is 24.0 Å². The van der Waals surface area contributed by atoms with Crippen LogP contribution in [-0.4, -0.2) is 61.5 Å². The van der Waals surface area contributed by atoms with E-state index in [1.807, 2.05) is 45.1 Å². The first kappa shape index (κ1) is 18.9. The Morgan fingerprint density at radius 3 is 2.56 bits per heavy atom. The Balaban J connectivity index is 2.53. The molecule has 0 atom stereocenters. The molecule has 2 aromatic rings. The molecule has 136 valence electrons. The van der Waals surface area contributed by atoms with Gasteiger partial charge in [0.1, 0.15) is 6.54 Å². The molecule has 1 heterocycles. The standard InChI is InChI=1S/C18H26N4O3/c1-6-25-16(23)12-22-18(24)14-8-7-13(2)11-15(14)17(19-22)21(5)10-9-20(3)4/h7-8,11H,6,9-10,12H2,1-5H3. The van der Waals surface area contributed by atoms with Crippen LogP contribution < -0.4 is 10.5 Å². The van der Waals surface area contributed by atoms with E-state index >= 15 is 0 Å². The SMILES string of the molecule is CCOC(=O)Cn1nc(N(C)CCN(C)C)c2cc(C)ccc2c1=O. The van der Waals surface area contributed by atoms with Gasteiger partial charge in [0.15, 0.2) is 5.82 Å². The van der Waals surface area contributed by atoms with Gasteiger partial charge in [-0.05, 0) is 40.1 Å². The maximum atomic E-state index is 12.7. The van der Waals surface area contributed by atoms with Gasteiger partial charge in [0.25, 0.3) is 5.56 Å². The van der Waals surface area contributed by atoms with E-state index in [1.54, 1.807) is 13.0 Å². The van der Waals surface area contributed by atoms with Gasteiger partial charge in [0.2, 0.25) is 0 Å². The zero-order valence-corrected chi connectivity index (χ0v) is 15.6. The minimum atomic E-state index is -0.467. The highest BCUT2D eigenvalue weighted by Crippen LogP contribution is 2.22. The summed E-state index contributed by atoms with van der Waals surface area (Å²) in [6.45, 7) is 5.40. The highest BCUT2D eigenvalue weighted by molar-refractivity contribution is 5.92. The minimum absolute atomic E-state index is 0.189. The topological polar surface area (TPSA) is 67.7 Å². The number of hydrogen-bond donors (Lipinski definition) is 0. The third-order valence-electron chi connectivity index (χ3n) is 3.92. The molecule has 0 unspecified atom stereocenters. The van der Waals surface area contributed by atoms with Crippen LogP contribution in [0.2, 0.25) is 0 Å². The fourth-order valence-corrected chi connectivity index (χ4v) is 2.56. The molecular formula is C18H26N4O3. The Morgan fingerprint density at radius 2 is 1.92 bits per heavy atom. The number of likely N-dealkylation sites (N-methyl/N-ethyl adjacent to an activating group) is 2. The lowest BCUT2D eigenvalue weighted by atomic mass is 10.1. The van der Waals surface area contributed by atoms with Crippen molar-refractivity contribution in [3.63, 3.8) is 0 Å². The molecule has 25 heavy (non-hydrogen) atoms. The Morgan fingerprint density at radius 1 is 1.20 bits per heavy atom. The number of fused-ring (bicyclic) bond motifs is 1. The zero-order chi connectivity index (χ0) is 18.6. The second-order valence-corrected chi connectivity index (χ2v) is 6.37. The average molecular weight is 346 g/mol. The van der Waals surface area contributed by atoms with Gasteiger partial charge in [-0.2, -0.15) is 5.10 Å². The van der Waals surface area contributed by atoms with Gasteiger partial charge in [0, 0.05) is 25.5 Å². The van der Waals surface area contributed by atoms with Crippen molar-refractivity contribution in [2.45, 2.75) is 20.4 Å². The number of rotatable bonds is 7. The molecule has 0 bridgehead atoms. The van der Waals surface area contributed by atoms with Crippen molar-refractivity contribution in [1.82, 2.24) is 14.7 Å². The number of hydrogen-bond acceptors (Lipinski definition) is 6. The average Bonchev–Trinajstić information content (AvgIpc) is 2.55. The smallest absolute Gasteiger partial charge is 0.327 e. The molecule has 0 saturated heterocycles. The van der Waals surface area contributed by atoms with Crippen LogP contribution in [0, 0.1) is 6.92 Å². The van der Waals surface area contributed by atoms with Gasteiger partial charge in [-0.3, -0.25) is 9.59 Å². The summed E-state index contributed by atoms with van der Waals surface area (Å²) in [7, 11) is 5.95. The summed E-state index contributed by atoms with van der Waals surface area (Å²) in [6.07, 6.45) is 0. The molecule has 0 amide bonds. The van der Waals surface area contributed by atoms with Gasteiger partial charge in [0.05, 0.1) is 12.0 Å². The van der Waals surface area contributed by atoms with Gasteiger partial charge in [-0.25, -0.2) is 4.68 Å². The predicted molar refractivity (Wildman–Crippen MR) is 99.2 cm³/mol. The summed E-state index contributed by atoms with van der Waals surface area (Å²) in [4.78, 5) is 28.6. The van der Waals surface area contributed by atoms with Crippen molar-refractivity contribution in [2.24, 2.45) is 0 Å². The van der Waals surface area contributed by atoms with Crippen molar-refractivity contribution in [2.75, 3.05) is 45.7 Å². The second-order valence-electron chi connectivity index (χ2n) is 6.37. The van der Waals surface area contributed by atoms with E-state index in [2.05, 4.69) is 10.00 Å².